The minimum atomic E-state index is -0.0803. The standard InChI is InChI=1S/C18H18N4OS/c1-21-12-16(19-11-13-7-3-2-4-8-13)22(18(21)23)17-20-14-9-5-6-10-15(14)24-17/h2-10,16,19H,11-12H2,1H3. The van der Waals surface area contributed by atoms with Gasteiger partial charge in [0, 0.05) is 13.6 Å². The number of nitrogens with one attached hydrogen (secondary N) is 1. The van der Waals surface area contributed by atoms with Gasteiger partial charge in [0.2, 0.25) is 0 Å². The molecule has 2 heterocycles. The van der Waals surface area contributed by atoms with Crippen LogP contribution in [0, 0.1) is 0 Å². The highest BCUT2D eigenvalue weighted by Gasteiger charge is 2.37. The third-order valence-corrected chi connectivity index (χ3v) is 5.20. The van der Waals surface area contributed by atoms with Gasteiger partial charge in [-0.05, 0) is 17.7 Å². The molecule has 0 aliphatic carbocycles. The number of likely N-dealkylation sites (N-methyl/N-ethyl adjacent to an activating group) is 1. The summed E-state index contributed by atoms with van der Waals surface area (Å²) in [6.45, 7) is 1.36. The number of anilines is 1. The van der Waals surface area contributed by atoms with Crippen LogP contribution in [0.25, 0.3) is 10.2 Å². The molecule has 122 valence electrons. The molecular weight excluding hydrogens is 320 g/mol. The van der Waals surface area contributed by atoms with Crippen molar-refractivity contribution in [2.45, 2.75) is 12.7 Å². The van der Waals surface area contributed by atoms with Crippen LogP contribution in [-0.4, -0.2) is 35.7 Å². The number of aromatic nitrogens is 1. The van der Waals surface area contributed by atoms with Crippen LogP contribution in [0.15, 0.2) is 54.6 Å². The zero-order valence-electron chi connectivity index (χ0n) is 13.3. The van der Waals surface area contributed by atoms with E-state index in [9.17, 15) is 4.79 Å². The maximum atomic E-state index is 12.6. The molecule has 5 nitrogen and oxygen atoms in total. The van der Waals surface area contributed by atoms with E-state index in [2.05, 4.69) is 22.4 Å². The molecule has 2 amide bonds. The van der Waals surface area contributed by atoms with Crippen LogP contribution in [0.1, 0.15) is 5.56 Å². The lowest BCUT2D eigenvalue weighted by Crippen LogP contribution is -2.44. The normalized spacial score (nSPS) is 17.9. The number of fused-ring (bicyclic) bond motifs is 1. The van der Waals surface area contributed by atoms with Crippen molar-refractivity contribution in [1.82, 2.24) is 15.2 Å². The first-order chi connectivity index (χ1) is 11.7. The summed E-state index contributed by atoms with van der Waals surface area (Å²) in [6.07, 6.45) is -0.0803. The predicted molar refractivity (Wildman–Crippen MR) is 97.2 cm³/mol. The van der Waals surface area contributed by atoms with E-state index in [-0.39, 0.29) is 12.2 Å². The molecule has 1 aliphatic rings. The van der Waals surface area contributed by atoms with Crippen molar-refractivity contribution in [3.8, 4) is 0 Å². The van der Waals surface area contributed by atoms with Gasteiger partial charge in [-0.2, -0.15) is 0 Å². The molecular formula is C18H18N4OS. The molecule has 24 heavy (non-hydrogen) atoms. The molecule has 4 rings (SSSR count). The van der Waals surface area contributed by atoms with Crippen molar-refractivity contribution in [2.24, 2.45) is 0 Å². The van der Waals surface area contributed by atoms with Gasteiger partial charge in [0.25, 0.3) is 0 Å². The number of benzene rings is 2. The first-order valence-electron chi connectivity index (χ1n) is 7.89. The summed E-state index contributed by atoms with van der Waals surface area (Å²) in [7, 11) is 1.83. The number of urea groups is 1. The maximum Gasteiger partial charge on any atom is 0.327 e. The Morgan fingerprint density at radius 3 is 2.71 bits per heavy atom. The molecule has 2 aromatic carbocycles. The number of carbonyl (C=O) groups excluding carboxylic acids is 1. The van der Waals surface area contributed by atoms with Crippen LogP contribution in [0.4, 0.5) is 9.93 Å². The Morgan fingerprint density at radius 2 is 1.92 bits per heavy atom. The average molecular weight is 338 g/mol. The molecule has 6 heteroatoms. The lowest BCUT2D eigenvalue weighted by Gasteiger charge is -2.21. The fraction of sp³-hybridized carbons (Fsp3) is 0.222. The smallest absolute Gasteiger partial charge is 0.324 e. The highest BCUT2D eigenvalue weighted by atomic mass is 32.1. The molecule has 1 unspecified atom stereocenters. The van der Waals surface area contributed by atoms with Crippen LogP contribution in [0.2, 0.25) is 0 Å². The Labute approximate surface area is 144 Å². The van der Waals surface area contributed by atoms with Crippen LogP contribution >= 0.6 is 11.3 Å². The topological polar surface area (TPSA) is 48.5 Å². The lowest BCUT2D eigenvalue weighted by atomic mass is 10.2. The monoisotopic (exact) mass is 338 g/mol. The van der Waals surface area contributed by atoms with Crippen molar-refractivity contribution in [3.05, 3.63) is 60.2 Å². The zero-order valence-corrected chi connectivity index (χ0v) is 14.2. The number of amides is 2. The maximum absolute atomic E-state index is 12.6. The largest absolute Gasteiger partial charge is 0.327 e. The molecule has 0 bridgehead atoms. The minimum Gasteiger partial charge on any atom is -0.324 e. The molecule has 0 radical (unpaired) electrons. The number of nitrogens with zero attached hydrogens (tertiary/aromatic N) is 3. The van der Waals surface area contributed by atoms with Gasteiger partial charge >= 0.3 is 6.03 Å². The Hall–Kier alpha value is -2.44. The molecule has 3 aromatic rings. The summed E-state index contributed by atoms with van der Waals surface area (Å²) in [4.78, 5) is 20.7. The van der Waals surface area contributed by atoms with Crippen LogP contribution < -0.4 is 10.2 Å². The van der Waals surface area contributed by atoms with Crippen molar-refractivity contribution in [1.29, 1.82) is 0 Å². The lowest BCUT2D eigenvalue weighted by molar-refractivity contribution is 0.229. The number of rotatable bonds is 4. The van der Waals surface area contributed by atoms with E-state index < -0.39 is 0 Å². The Morgan fingerprint density at radius 1 is 1.17 bits per heavy atom. The number of hydrogen-bond donors (Lipinski definition) is 1. The van der Waals surface area contributed by atoms with Gasteiger partial charge < -0.3 is 4.90 Å². The molecule has 1 fully saturated rings. The number of para-hydroxylation sites is 1. The fourth-order valence-corrected chi connectivity index (χ4v) is 3.91. The summed E-state index contributed by atoms with van der Waals surface area (Å²) < 4.78 is 1.09. The van der Waals surface area contributed by atoms with Crippen molar-refractivity contribution in [3.63, 3.8) is 0 Å². The Kier molecular flexibility index (Phi) is 3.92. The Bertz CT molecular complexity index is 831. The quantitative estimate of drug-likeness (QED) is 0.794. The van der Waals surface area contributed by atoms with Crippen LogP contribution in [0.5, 0.6) is 0 Å². The average Bonchev–Trinajstić information content (AvgIpc) is 3.15. The van der Waals surface area contributed by atoms with E-state index in [1.54, 1.807) is 21.1 Å². The van der Waals surface area contributed by atoms with Crippen LogP contribution in [0.3, 0.4) is 0 Å². The van der Waals surface area contributed by atoms with E-state index in [0.29, 0.717) is 13.1 Å². The van der Waals surface area contributed by atoms with Gasteiger partial charge in [-0.1, -0.05) is 53.8 Å². The third kappa shape index (κ3) is 2.74. The summed E-state index contributed by atoms with van der Waals surface area (Å²) in [5, 5.41) is 4.23. The summed E-state index contributed by atoms with van der Waals surface area (Å²) in [6, 6.07) is 18.2. The fourth-order valence-electron chi connectivity index (χ4n) is 2.90. The van der Waals surface area contributed by atoms with E-state index in [0.717, 1.165) is 15.3 Å². The van der Waals surface area contributed by atoms with Gasteiger partial charge in [0.15, 0.2) is 5.13 Å². The number of hydrogen-bond acceptors (Lipinski definition) is 4. The SMILES string of the molecule is CN1CC(NCc2ccccc2)N(c2nc3ccccc3s2)C1=O. The summed E-state index contributed by atoms with van der Waals surface area (Å²) in [5.74, 6) is 0. The highest BCUT2D eigenvalue weighted by molar-refractivity contribution is 7.22. The van der Waals surface area contributed by atoms with E-state index in [1.165, 1.54) is 5.56 Å². The predicted octanol–water partition coefficient (Wildman–Crippen LogP) is 3.28. The molecule has 1 aliphatic heterocycles. The van der Waals surface area contributed by atoms with Gasteiger partial charge in [-0.3, -0.25) is 10.2 Å². The molecule has 1 atom stereocenters. The van der Waals surface area contributed by atoms with Crippen LogP contribution in [-0.2, 0) is 6.54 Å². The first-order valence-corrected chi connectivity index (χ1v) is 8.71. The van der Waals surface area contributed by atoms with E-state index in [4.69, 9.17) is 0 Å². The number of thiazole rings is 1. The van der Waals surface area contributed by atoms with Crippen molar-refractivity contribution in [2.75, 3.05) is 18.5 Å². The summed E-state index contributed by atoms with van der Waals surface area (Å²) in [5.41, 5.74) is 2.13. The molecule has 1 aromatic heterocycles. The second kappa shape index (κ2) is 6.22. The second-order valence-electron chi connectivity index (χ2n) is 5.88. The minimum absolute atomic E-state index is 0.0142. The van der Waals surface area contributed by atoms with Gasteiger partial charge in [-0.15, -0.1) is 0 Å². The molecule has 0 spiro atoms. The second-order valence-corrected chi connectivity index (χ2v) is 6.89. The Balaban J connectivity index is 1.59. The molecule has 1 N–H and O–H groups in total. The zero-order chi connectivity index (χ0) is 16.5. The molecule has 0 saturated carbocycles. The van der Waals surface area contributed by atoms with Gasteiger partial charge in [-0.25, -0.2) is 9.78 Å². The van der Waals surface area contributed by atoms with Crippen molar-refractivity contribution < 1.29 is 4.79 Å². The molecule has 1 saturated heterocycles. The summed E-state index contributed by atoms with van der Waals surface area (Å²) >= 11 is 1.55. The van der Waals surface area contributed by atoms with Gasteiger partial charge in [0.1, 0.15) is 6.17 Å². The third-order valence-electron chi connectivity index (χ3n) is 4.16. The van der Waals surface area contributed by atoms with Gasteiger partial charge in [0.05, 0.1) is 16.8 Å². The first kappa shape index (κ1) is 15.1. The number of carbonyl (C=O) groups is 1. The van der Waals surface area contributed by atoms with E-state index in [1.807, 2.05) is 49.5 Å². The van der Waals surface area contributed by atoms with Crippen molar-refractivity contribution >= 4 is 32.7 Å². The van der Waals surface area contributed by atoms with E-state index >= 15 is 0 Å². The highest BCUT2D eigenvalue weighted by Crippen LogP contribution is 2.32.